The van der Waals surface area contributed by atoms with E-state index in [1.165, 1.54) is 60.3 Å². The van der Waals surface area contributed by atoms with Gasteiger partial charge in [-0.3, -0.25) is 0 Å². The Morgan fingerprint density at radius 2 is 1.78 bits per heavy atom. The number of pyridine rings is 1. The number of aromatic nitrogens is 3. The van der Waals surface area contributed by atoms with Gasteiger partial charge in [-0.1, -0.05) is 52.0 Å². The fraction of sp³-hybridized carbons (Fsp3) is 0.310. The third-order valence-corrected chi connectivity index (χ3v) is 6.97. The number of fused-ring (bicyclic) bond motifs is 5. The molecule has 0 bridgehead atoms. The maximum Gasteiger partial charge on any atom is 0.287 e. The number of rotatable bonds is 2. The summed E-state index contributed by atoms with van der Waals surface area (Å²) in [4.78, 5) is 4.84. The molecule has 160 valence electrons. The van der Waals surface area contributed by atoms with Crippen LogP contribution < -0.4 is 4.57 Å². The summed E-state index contributed by atoms with van der Waals surface area (Å²) in [6.07, 6.45) is 4.03. The largest absolute Gasteiger partial charge is 0.308 e. The molecule has 6 aromatic rings. The maximum atomic E-state index is 4.84. The van der Waals surface area contributed by atoms with Crippen LogP contribution in [0, 0.1) is 12.3 Å². The van der Waals surface area contributed by atoms with Gasteiger partial charge in [0.15, 0.2) is 5.52 Å². The van der Waals surface area contributed by atoms with E-state index in [1.807, 2.05) is 6.33 Å². The zero-order valence-electron chi connectivity index (χ0n) is 19.9. The van der Waals surface area contributed by atoms with E-state index >= 15 is 0 Å². The zero-order valence-corrected chi connectivity index (χ0v) is 19.9. The summed E-state index contributed by atoms with van der Waals surface area (Å²) in [6, 6.07) is 16.1. The molecule has 0 saturated carbocycles. The molecule has 0 aliphatic rings. The van der Waals surface area contributed by atoms with Crippen molar-refractivity contribution in [2.24, 2.45) is 12.5 Å². The monoisotopic (exact) mass is 420 g/mol. The fourth-order valence-corrected chi connectivity index (χ4v) is 5.68. The first-order valence-corrected chi connectivity index (χ1v) is 11.7. The Bertz CT molecular complexity index is 1680. The van der Waals surface area contributed by atoms with E-state index in [1.54, 1.807) is 0 Å². The summed E-state index contributed by atoms with van der Waals surface area (Å²) in [5.41, 5.74) is 10.6. The van der Waals surface area contributed by atoms with E-state index < -0.39 is 0 Å². The summed E-state index contributed by atoms with van der Waals surface area (Å²) in [7, 11) is 2.13. The van der Waals surface area contributed by atoms with Crippen LogP contribution in [0.3, 0.4) is 0 Å². The van der Waals surface area contributed by atoms with E-state index in [2.05, 4.69) is 93.1 Å². The lowest BCUT2D eigenvalue weighted by Crippen LogP contribution is -2.30. The Kier molecular flexibility index (Phi) is 3.90. The second-order valence-electron chi connectivity index (χ2n) is 10.6. The second kappa shape index (κ2) is 6.41. The predicted molar refractivity (Wildman–Crippen MR) is 135 cm³/mol. The summed E-state index contributed by atoms with van der Waals surface area (Å²) in [5.74, 6) is 0. The molecule has 3 heterocycles. The van der Waals surface area contributed by atoms with Gasteiger partial charge in [0.25, 0.3) is 6.33 Å². The number of hydrogen-bond donors (Lipinski definition) is 0. The molecule has 6 rings (SSSR count). The molecule has 3 heteroatoms. The predicted octanol–water partition coefficient (Wildman–Crippen LogP) is 6.67. The van der Waals surface area contributed by atoms with Crippen LogP contribution in [0.25, 0.3) is 49.1 Å². The van der Waals surface area contributed by atoms with Crippen molar-refractivity contribution in [3.63, 3.8) is 0 Å². The van der Waals surface area contributed by atoms with Crippen LogP contribution in [0.1, 0.15) is 44.4 Å². The second-order valence-corrected chi connectivity index (χ2v) is 10.6. The topological polar surface area (TPSA) is 21.2 Å². The molecule has 3 aromatic carbocycles. The van der Waals surface area contributed by atoms with Gasteiger partial charge >= 0.3 is 0 Å². The third-order valence-electron chi connectivity index (χ3n) is 6.97. The van der Waals surface area contributed by atoms with Crippen molar-refractivity contribution in [3.05, 3.63) is 65.5 Å². The molecular weight excluding hydrogens is 390 g/mol. The van der Waals surface area contributed by atoms with Crippen LogP contribution in [-0.2, 0) is 19.9 Å². The molecule has 0 spiro atoms. The Labute approximate surface area is 188 Å². The van der Waals surface area contributed by atoms with Crippen LogP contribution in [0.15, 0.2) is 48.8 Å². The molecule has 0 aliphatic carbocycles. The molecule has 3 nitrogen and oxygen atoms in total. The summed E-state index contributed by atoms with van der Waals surface area (Å²) in [5, 5.41) is 5.36. The first-order valence-electron chi connectivity index (χ1n) is 11.7. The van der Waals surface area contributed by atoms with E-state index in [0.29, 0.717) is 0 Å². The minimum absolute atomic E-state index is 0.227. The van der Waals surface area contributed by atoms with Gasteiger partial charge in [-0.25, -0.2) is 4.57 Å². The molecule has 0 amide bonds. The zero-order chi connectivity index (χ0) is 22.4. The molecule has 32 heavy (non-hydrogen) atoms. The molecule has 0 fully saturated rings. The quantitative estimate of drug-likeness (QED) is 0.174. The van der Waals surface area contributed by atoms with E-state index in [0.717, 1.165) is 18.4 Å². The molecule has 0 radical (unpaired) electrons. The molecular formula is C29H30N3+. The van der Waals surface area contributed by atoms with Crippen molar-refractivity contribution in [2.75, 3.05) is 0 Å². The van der Waals surface area contributed by atoms with Crippen LogP contribution in [0.5, 0.6) is 0 Å². The first-order chi connectivity index (χ1) is 15.3. The molecule has 0 N–H and O–H groups in total. The molecule has 0 saturated heterocycles. The van der Waals surface area contributed by atoms with Crippen LogP contribution in [0.2, 0.25) is 0 Å². The van der Waals surface area contributed by atoms with Crippen LogP contribution in [-0.4, -0.2) is 9.38 Å². The number of nitrogens with zero attached hydrogens (tertiary/aromatic N) is 3. The lowest BCUT2D eigenvalue weighted by molar-refractivity contribution is -0.646. The highest BCUT2D eigenvalue weighted by molar-refractivity contribution is 6.25. The van der Waals surface area contributed by atoms with Crippen LogP contribution >= 0.6 is 0 Å². The van der Waals surface area contributed by atoms with Crippen molar-refractivity contribution in [2.45, 2.75) is 47.5 Å². The Morgan fingerprint density at radius 3 is 2.53 bits per heavy atom. The normalized spacial score (nSPS) is 12.9. The summed E-state index contributed by atoms with van der Waals surface area (Å²) < 4.78 is 4.73. The van der Waals surface area contributed by atoms with Crippen LogP contribution in [0.4, 0.5) is 0 Å². The van der Waals surface area contributed by atoms with E-state index in [9.17, 15) is 0 Å². The van der Waals surface area contributed by atoms with Crippen molar-refractivity contribution in [1.29, 1.82) is 0 Å². The smallest absolute Gasteiger partial charge is 0.287 e. The first kappa shape index (κ1) is 19.5. The maximum absolute atomic E-state index is 4.84. The van der Waals surface area contributed by atoms with Gasteiger partial charge in [-0.15, -0.1) is 0 Å². The number of aryl methyl sites for hydroxylation is 3. The molecule has 0 aliphatic heterocycles. The average molecular weight is 421 g/mol. The number of benzene rings is 3. The van der Waals surface area contributed by atoms with Crippen molar-refractivity contribution >= 4 is 49.1 Å². The van der Waals surface area contributed by atoms with Gasteiger partial charge < -0.3 is 4.40 Å². The Morgan fingerprint density at radius 1 is 0.969 bits per heavy atom. The van der Waals surface area contributed by atoms with Gasteiger partial charge in [0.05, 0.1) is 29.0 Å². The van der Waals surface area contributed by atoms with Gasteiger partial charge in [0, 0.05) is 16.2 Å². The van der Waals surface area contributed by atoms with Gasteiger partial charge in [-0.2, -0.15) is 0 Å². The van der Waals surface area contributed by atoms with Crippen molar-refractivity contribution < 1.29 is 4.57 Å². The fourth-order valence-electron chi connectivity index (χ4n) is 5.68. The Balaban J connectivity index is 1.98. The highest BCUT2D eigenvalue weighted by Crippen LogP contribution is 2.42. The molecule has 0 unspecified atom stereocenters. The molecule has 3 aromatic heterocycles. The van der Waals surface area contributed by atoms with E-state index in [4.69, 9.17) is 4.98 Å². The minimum atomic E-state index is 0.227. The molecule has 0 atom stereocenters. The van der Waals surface area contributed by atoms with Crippen molar-refractivity contribution in [1.82, 2.24) is 9.38 Å². The van der Waals surface area contributed by atoms with Gasteiger partial charge in [-0.05, 0) is 65.1 Å². The third kappa shape index (κ3) is 2.54. The number of hydrogen-bond acceptors (Lipinski definition) is 1. The average Bonchev–Trinajstić information content (AvgIpc) is 3.09. The minimum Gasteiger partial charge on any atom is -0.308 e. The summed E-state index contributed by atoms with van der Waals surface area (Å²) >= 11 is 0. The summed E-state index contributed by atoms with van der Waals surface area (Å²) in [6.45, 7) is 11.4. The standard InChI is InChI=1S/C29H30N3/c1-7-18-13-21-26-23(14-18)32-22-10-8-9-19(15-29(3,4)5)25(22)20-12-11-17(2)24(27(20)32)28(26)31(6)16-30-21/h8-14,16H,7,15H2,1-6H3/q+1. The van der Waals surface area contributed by atoms with Gasteiger partial charge in [0.1, 0.15) is 5.52 Å². The Hall–Kier alpha value is -3.20. The van der Waals surface area contributed by atoms with Gasteiger partial charge in [0.2, 0.25) is 0 Å². The SMILES string of the molecule is CCc1cc2nc[n+](C)c3c4c(C)ccc5c6c(CC(C)(C)C)cccc6n(c(c1)c23)c54. The lowest BCUT2D eigenvalue weighted by atomic mass is 9.86. The highest BCUT2D eigenvalue weighted by atomic mass is 15.0. The van der Waals surface area contributed by atoms with E-state index in [-0.39, 0.29) is 5.41 Å². The lowest BCUT2D eigenvalue weighted by Gasteiger charge is -2.19. The highest BCUT2D eigenvalue weighted by Gasteiger charge is 2.25. The van der Waals surface area contributed by atoms with Crippen molar-refractivity contribution in [3.8, 4) is 0 Å².